The normalized spacial score (nSPS) is 26.8. The largest absolute Gasteiger partial charge is 0.504 e. The van der Waals surface area contributed by atoms with Crippen molar-refractivity contribution in [1.29, 1.82) is 0 Å². The topological polar surface area (TPSA) is 157 Å². The summed E-state index contributed by atoms with van der Waals surface area (Å²) in [4.78, 5) is 50.8. The zero-order valence-electron chi connectivity index (χ0n) is 16.8. The van der Waals surface area contributed by atoms with Gasteiger partial charge in [0.05, 0.1) is 33.2 Å². The van der Waals surface area contributed by atoms with E-state index >= 15 is 0 Å². The molecule has 3 aliphatic rings. The van der Waals surface area contributed by atoms with Gasteiger partial charge in [-0.1, -0.05) is 11.6 Å². The zero-order valence-corrected chi connectivity index (χ0v) is 18.4. The summed E-state index contributed by atoms with van der Waals surface area (Å²) < 4.78 is 4.37. The lowest BCUT2D eigenvalue weighted by molar-refractivity contribution is -0.158. The number of aromatic hydroxyl groups is 2. The second kappa shape index (κ2) is 7.93. The predicted octanol–water partition coefficient (Wildman–Crippen LogP) is 0.819. The number of hydrogen-bond acceptors (Lipinski definition) is 8. The van der Waals surface area contributed by atoms with Crippen molar-refractivity contribution in [1.82, 2.24) is 15.1 Å². The van der Waals surface area contributed by atoms with E-state index in [1.807, 2.05) is 0 Å². The van der Waals surface area contributed by atoms with Gasteiger partial charge < -0.3 is 35.2 Å². The van der Waals surface area contributed by atoms with Crippen LogP contribution in [0.5, 0.6) is 11.5 Å². The van der Waals surface area contributed by atoms with Crippen molar-refractivity contribution < 1.29 is 39.2 Å². The molecule has 3 fully saturated rings. The molecule has 3 aliphatic heterocycles. The highest BCUT2D eigenvalue weighted by Gasteiger charge is 2.61. The molecule has 4 rings (SSSR count). The minimum atomic E-state index is -1.14. The maximum Gasteiger partial charge on any atom is 0.409 e. The summed E-state index contributed by atoms with van der Waals surface area (Å²) in [6, 6.07) is 0.971. The van der Waals surface area contributed by atoms with Crippen LogP contribution in [0.4, 0.5) is 4.79 Å². The number of phenols is 2. The molecule has 3 saturated heterocycles. The molecule has 32 heavy (non-hydrogen) atoms. The number of fused-ring (bicyclic) bond motifs is 1. The van der Waals surface area contributed by atoms with Crippen LogP contribution in [-0.4, -0.2) is 90.9 Å². The quantitative estimate of drug-likeness (QED) is 0.350. The van der Waals surface area contributed by atoms with Gasteiger partial charge in [-0.25, -0.2) is 9.59 Å². The molecular formula is C19H20ClN3O8S. The monoisotopic (exact) mass is 485 g/mol. The summed E-state index contributed by atoms with van der Waals surface area (Å²) >= 11 is 7.19. The number of nitrogens with zero attached hydrogens (tertiary/aromatic N) is 2. The van der Waals surface area contributed by atoms with E-state index in [1.54, 1.807) is 6.92 Å². The molecule has 11 nitrogen and oxygen atoms in total. The number of amides is 3. The second-order valence-corrected chi connectivity index (χ2v) is 10.1. The molecule has 1 aromatic rings. The van der Waals surface area contributed by atoms with Crippen molar-refractivity contribution in [2.45, 2.75) is 35.5 Å². The van der Waals surface area contributed by atoms with Crippen LogP contribution in [0.2, 0.25) is 5.02 Å². The fraction of sp³-hybridized carbons (Fsp3) is 0.474. The number of β-lactam (4-membered cyclic amide) rings is 1. The minimum Gasteiger partial charge on any atom is -0.504 e. The van der Waals surface area contributed by atoms with Crippen molar-refractivity contribution in [3.63, 3.8) is 0 Å². The van der Waals surface area contributed by atoms with Gasteiger partial charge in [0.25, 0.3) is 5.91 Å². The molecule has 0 unspecified atom stereocenters. The first-order valence-corrected chi connectivity index (χ1v) is 10.9. The summed E-state index contributed by atoms with van der Waals surface area (Å²) in [5, 5.41) is 30.8. The third-order valence-electron chi connectivity index (χ3n) is 5.74. The zero-order chi connectivity index (χ0) is 23.4. The number of halogens is 1. The standard InChI is InChI=1S/C19H20ClN3O8S/c1-19(15(17(28)29)23-11(25)4-12(23)32-19)7-31-18(30)22-5-8(6-22)21-16(27)9-2-3-10(24)14(26)13(9)20/h2-3,8,12,15,24,26H,4-7H2,1H3,(H,21,27)(H,28,29)/t12-,15+,19+/m1/s1. The number of benzene rings is 1. The maximum absolute atomic E-state index is 12.4. The Morgan fingerprint density at radius 3 is 2.62 bits per heavy atom. The number of thioether (sulfide) groups is 1. The number of hydrogen-bond donors (Lipinski definition) is 4. The molecule has 0 saturated carbocycles. The molecule has 4 N–H and O–H groups in total. The van der Waals surface area contributed by atoms with Crippen molar-refractivity contribution in [3.8, 4) is 11.5 Å². The van der Waals surface area contributed by atoms with Crippen LogP contribution in [0.15, 0.2) is 12.1 Å². The summed E-state index contributed by atoms with van der Waals surface area (Å²) in [7, 11) is 0. The number of ether oxygens (including phenoxy) is 1. The number of carboxylic acid groups (broad SMARTS) is 1. The average molecular weight is 486 g/mol. The first kappa shape index (κ1) is 22.3. The van der Waals surface area contributed by atoms with Gasteiger partial charge in [0.2, 0.25) is 5.91 Å². The Hall–Kier alpha value is -2.86. The van der Waals surface area contributed by atoms with Crippen LogP contribution >= 0.6 is 23.4 Å². The van der Waals surface area contributed by atoms with Crippen LogP contribution in [0.1, 0.15) is 23.7 Å². The number of rotatable bonds is 5. The number of nitrogens with one attached hydrogen (secondary N) is 1. The van der Waals surface area contributed by atoms with E-state index in [0.29, 0.717) is 0 Å². The van der Waals surface area contributed by atoms with Gasteiger partial charge >= 0.3 is 12.1 Å². The number of phenolic OH excluding ortho intramolecular Hbond substituents is 2. The molecule has 1 aromatic carbocycles. The van der Waals surface area contributed by atoms with E-state index in [2.05, 4.69) is 5.32 Å². The number of carboxylic acids is 1. The third-order valence-corrected chi connectivity index (χ3v) is 7.67. The number of carbonyl (C=O) groups excluding carboxylic acids is 3. The molecule has 0 radical (unpaired) electrons. The lowest BCUT2D eigenvalue weighted by Crippen LogP contribution is -2.61. The van der Waals surface area contributed by atoms with Crippen LogP contribution < -0.4 is 5.32 Å². The summed E-state index contributed by atoms with van der Waals surface area (Å²) in [6.45, 7) is 1.83. The second-order valence-electron chi connectivity index (χ2n) is 8.06. The van der Waals surface area contributed by atoms with Crippen LogP contribution in [-0.2, 0) is 14.3 Å². The van der Waals surface area contributed by atoms with E-state index in [0.717, 1.165) is 6.07 Å². The van der Waals surface area contributed by atoms with Gasteiger partial charge in [0, 0.05) is 13.1 Å². The van der Waals surface area contributed by atoms with Crippen molar-refractivity contribution in [2.75, 3.05) is 19.7 Å². The lowest BCUT2D eigenvalue weighted by atomic mass is 9.97. The summed E-state index contributed by atoms with van der Waals surface area (Å²) in [5.74, 6) is -2.98. The summed E-state index contributed by atoms with van der Waals surface area (Å²) in [5.41, 5.74) is -0.0203. The van der Waals surface area contributed by atoms with E-state index < -0.39 is 40.3 Å². The van der Waals surface area contributed by atoms with Gasteiger partial charge in [0.1, 0.15) is 12.6 Å². The molecule has 13 heteroatoms. The number of carbonyl (C=O) groups is 4. The van der Waals surface area contributed by atoms with Gasteiger partial charge in [0.15, 0.2) is 11.5 Å². The Balaban J connectivity index is 1.28. The van der Waals surface area contributed by atoms with Gasteiger partial charge in [-0.15, -0.1) is 11.8 Å². The SMILES string of the molecule is C[C@@]1(COC(=O)N2CC(NC(=O)c3ccc(O)c(O)c3Cl)C2)S[C@@H]2CC(=O)N2[C@H]1C(=O)O. The highest BCUT2D eigenvalue weighted by atomic mass is 35.5. The molecule has 0 bridgehead atoms. The van der Waals surface area contributed by atoms with E-state index in [-0.39, 0.29) is 54.0 Å². The fourth-order valence-corrected chi connectivity index (χ4v) is 5.90. The highest BCUT2D eigenvalue weighted by Crippen LogP contribution is 2.51. The van der Waals surface area contributed by atoms with E-state index in [1.165, 1.54) is 27.6 Å². The Morgan fingerprint density at radius 2 is 2.00 bits per heavy atom. The third kappa shape index (κ3) is 3.66. The average Bonchev–Trinajstić information content (AvgIpc) is 2.94. The highest BCUT2D eigenvalue weighted by molar-refractivity contribution is 8.01. The van der Waals surface area contributed by atoms with Crippen molar-refractivity contribution >= 4 is 47.2 Å². The smallest absolute Gasteiger partial charge is 0.409 e. The first-order valence-electron chi connectivity index (χ1n) is 9.66. The molecule has 3 atom stereocenters. The minimum absolute atomic E-state index is 0.0203. The number of likely N-dealkylation sites (tertiary alicyclic amines) is 1. The van der Waals surface area contributed by atoms with Crippen LogP contribution in [0, 0.1) is 0 Å². The molecule has 0 aromatic heterocycles. The van der Waals surface area contributed by atoms with E-state index in [9.17, 15) is 34.5 Å². The van der Waals surface area contributed by atoms with Crippen LogP contribution in [0.3, 0.4) is 0 Å². The van der Waals surface area contributed by atoms with Crippen molar-refractivity contribution in [3.05, 3.63) is 22.7 Å². The molecule has 3 amide bonds. The Bertz CT molecular complexity index is 1020. The van der Waals surface area contributed by atoms with Gasteiger partial charge in [-0.2, -0.15) is 0 Å². The number of aliphatic carboxylic acids is 1. The Kier molecular flexibility index (Phi) is 5.53. The molecule has 3 heterocycles. The molecule has 172 valence electrons. The van der Waals surface area contributed by atoms with Crippen molar-refractivity contribution in [2.24, 2.45) is 0 Å². The van der Waals surface area contributed by atoms with Gasteiger partial charge in [-0.05, 0) is 19.1 Å². The Morgan fingerprint density at radius 1 is 1.31 bits per heavy atom. The lowest BCUT2D eigenvalue weighted by Gasteiger charge is -2.39. The fourth-order valence-electron chi connectivity index (χ4n) is 3.98. The molecule has 0 spiro atoms. The predicted molar refractivity (Wildman–Crippen MR) is 112 cm³/mol. The maximum atomic E-state index is 12.4. The van der Waals surface area contributed by atoms with E-state index in [4.69, 9.17) is 16.3 Å². The molecule has 0 aliphatic carbocycles. The Labute approximate surface area is 191 Å². The van der Waals surface area contributed by atoms with Crippen LogP contribution in [0.25, 0.3) is 0 Å². The first-order chi connectivity index (χ1) is 15.0. The van der Waals surface area contributed by atoms with Gasteiger partial charge in [-0.3, -0.25) is 9.59 Å². The molecular weight excluding hydrogens is 466 g/mol. The summed E-state index contributed by atoms with van der Waals surface area (Å²) in [6.07, 6.45) is -0.378.